The summed E-state index contributed by atoms with van der Waals surface area (Å²) in [5.74, 6) is -0.350. The molecule has 5 heteroatoms. The van der Waals surface area contributed by atoms with Gasteiger partial charge in [-0.1, -0.05) is 0 Å². The van der Waals surface area contributed by atoms with E-state index in [1.54, 1.807) is 12.3 Å². The van der Waals surface area contributed by atoms with Crippen LogP contribution in [-0.2, 0) is 22.6 Å². The van der Waals surface area contributed by atoms with Crippen molar-refractivity contribution in [2.75, 3.05) is 13.7 Å². The van der Waals surface area contributed by atoms with Crippen molar-refractivity contribution in [3.05, 3.63) is 23.5 Å². The third-order valence-electron chi connectivity index (χ3n) is 2.48. The lowest BCUT2D eigenvalue weighted by molar-refractivity contribution is -0.0273. The molecule has 0 bridgehead atoms. The minimum Gasteiger partial charge on any atom is -0.465 e. The Hall–Kier alpha value is -1.33. The molecule has 1 aliphatic heterocycles. The molecule has 5 nitrogen and oxygen atoms in total. The number of rotatable bonds is 2. The van der Waals surface area contributed by atoms with Crippen LogP contribution in [0.2, 0.25) is 0 Å². The number of aromatic nitrogens is 1. The molecule has 0 amide bonds. The van der Waals surface area contributed by atoms with Crippen molar-refractivity contribution >= 4 is 5.97 Å². The molecule has 82 valence electrons. The number of esters is 1. The zero-order valence-corrected chi connectivity index (χ0v) is 8.47. The SMILES string of the molecule is COC(=O)c1cc2n(c1)C[C@H](CO)OC2. The molecule has 2 rings (SSSR count). The summed E-state index contributed by atoms with van der Waals surface area (Å²) in [4.78, 5) is 11.3. The van der Waals surface area contributed by atoms with E-state index >= 15 is 0 Å². The predicted molar refractivity (Wildman–Crippen MR) is 51.4 cm³/mol. The fraction of sp³-hybridized carbons (Fsp3) is 0.500. The van der Waals surface area contributed by atoms with Crippen LogP contribution in [-0.4, -0.2) is 35.5 Å². The smallest absolute Gasteiger partial charge is 0.339 e. The van der Waals surface area contributed by atoms with Gasteiger partial charge < -0.3 is 19.1 Å². The van der Waals surface area contributed by atoms with Crippen molar-refractivity contribution in [1.82, 2.24) is 4.57 Å². The predicted octanol–water partition coefficient (Wildman–Crippen LogP) is 0.166. The lowest BCUT2D eigenvalue weighted by Crippen LogP contribution is -2.29. The van der Waals surface area contributed by atoms with Gasteiger partial charge in [0.15, 0.2) is 0 Å². The number of aliphatic hydroxyl groups excluding tert-OH is 1. The summed E-state index contributed by atoms with van der Waals surface area (Å²) in [6.07, 6.45) is 1.54. The third kappa shape index (κ3) is 1.88. The van der Waals surface area contributed by atoms with Gasteiger partial charge in [0.1, 0.15) is 0 Å². The lowest BCUT2D eigenvalue weighted by atomic mass is 10.3. The summed E-state index contributed by atoms with van der Waals surface area (Å²) in [6.45, 7) is 0.982. The number of aliphatic hydroxyl groups is 1. The Kier molecular flexibility index (Phi) is 2.75. The second-order valence-electron chi connectivity index (χ2n) is 3.48. The summed E-state index contributed by atoms with van der Waals surface area (Å²) in [5, 5.41) is 8.95. The van der Waals surface area contributed by atoms with Crippen molar-refractivity contribution in [3.63, 3.8) is 0 Å². The normalized spacial score (nSPS) is 19.7. The van der Waals surface area contributed by atoms with Gasteiger partial charge in [0.05, 0.1) is 38.5 Å². The molecular weight excluding hydrogens is 198 g/mol. The van der Waals surface area contributed by atoms with Crippen LogP contribution in [0, 0.1) is 0 Å². The fourth-order valence-corrected chi connectivity index (χ4v) is 1.66. The van der Waals surface area contributed by atoms with E-state index in [0.29, 0.717) is 18.7 Å². The van der Waals surface area contributed by atoms with Crippen molar-refractivity contribution in [2.45, 2.75) is 19.3 Å². The van der Waals surface area contributed by atoms with Crippen LogP contribution < -0.4 is 0 Å². The molecule has 1 N–H and O–H groups in total. The van der Waals surface area contributed by atoms with Crippen molar-refractivity contribution in [1.29, 1.82) is 0 Å². The minimum atomic E-state index is -0.350. The standard InChI is InChI=1S/C10H13NO4/c1-14-10(13)7-2-8-6-15-9(5-12)4-11(8)3-7/h2-3,9,12H,4-6H2,1H3/t9-/m1/s1. The summed E-state index contributed by atoms with van der Waals surface area (Å²) in [6, 6.07) is 1.75. The Morgan fingerprint density at radius 3 is 3.27 bits per heavy atom. The first-order valence-corrected chi connectivity index (χ1v) is 4.74. The second-order valence-corrected chi connectivity index (χ2v) is 3.48. The van der Waals surface area contributed by atoms with Crippen LogP contribution in [0.15, 0.2) is 12.3 Å². The zero-order chi connectivity index (χ0) is 10.8. The molecule has 0 fully saturated rings. The van der Waals surface area contributed by atoms with Crippen LogP contribution in [0.3, 0.4) is 0 Å². The van der Waals surface area contributed by atoms with Gasteiger partial charge in [0.25, 0.3) is 0 Å². The van der Waals surface area contributed by atoms with E-state index in [4.69, 9.17) is 9.84 Å². The molecule has 0 aromatic carbocycles. The molecule has 0 saturated carbocycles. The second kappa shape index (κ2) is 4.04. The highest BCUT2D eigenvalue weighted by molar-refractivity contribution is 5.89. The van der Waals surface area contributed by atoms with E-state index in [1.165, 1.54) is 7.11 Å². The number of fused-ring (bicyclic) bond motifs is 1. The van der Waals surface area contributed by atoms with Crippen molar-refractivity contribution in [2.24, 2.45) is 0 Å². The number of methoxy groups -OCH3 is 1. The summed E-state index contributed by atoms with van der Waals surface area (Å²) in [5.41, 5.74) is 1.45. The van der Waals surface area contributed by atoms with Crippen molar-refractivity contribution in [3.8, 4) is 0 Å². The molecule has 1 atom stereocenters. The number of hydrogen-bond donors (Lipinski definition) is 1. The maximum Gasteiger partial charge on any atom is 0.339 e. The Morgan fingerprint density at radius 2 is 2.60 bits per heavy atom. The van der Waals surface area contributed by atoms with Crippen LogP contribution in [0.5, 0.6) is 0 Å². The Morgan fingerprint density at radius 1 is 1.80 bits per heavy atom. The topological polar surface area (TPSA) is 60.7 Å². The van der Waals surface area contributed by atoms with Crippen LogP contribution in [0.25, 0.3) is 0 Å². The van der Waals surface area contributed by atoms with E-state index in [1.807, 2.05) is 4.57 Å². The largest absolute Gasteiger partial charge is 0.465 e. The van der Waals surface area contributed by atoms with Gasteiger partial charge in [-0.2, -0.15) is 0 Å². The first-order valence-electron chi connectivity index (χ1n) is 4.74. The van der Waals surface area contributed by atoms with Gasteiger partial charge in [0.2, 0.25) is 0 Å². The highest BCUT2D eigenvalue weighted by Crippen LogP contribution is 2.17. The summed E-state index contributed by atoms with van der Waals surface area (Å²) in [7, 11) is 1.35. The number of ether oxygens (including phenoxy) is 2. The molecule has 1 aliphatic rings. The molecule has 0 aliphatic carbocycles. The van der Waals surface area contributed by atoms with Gasteiger partial charge in [-0.3, -0.25) is 0 Å². The van der Waals surface area contributed by atoms with Gasteiger partial charge in [-0.25, -0.2) is 4.79 Å². The van der Waals surface area contributed by atoms with Crippen LogP contribution in [0.4, 0.5) is 0 Å². The average molecular weight is 211 g/mol. The van der Waals surface area contributed by atoms with E-state index in [2.05, 4.69) is 4.74 Å². The third-order valence-corrected chi connectivity index (χ3v) is 2.48. The molecule has 15 heavy (non-hydrogen) atoms. The molecule has 0 saturated heterocycles. The van der Waals surface area contributed by atoms with E-state index in [0.717, 1.165) is 5.69 Å². The van der Waals surface area contributed by atoms with Crippen LogP contribution in [0.1, 0.15) is 16.1 Å². The quantitative estimate of drug-likeness (QED) is 0.708. The first kappa shape index (κ1) is 10.2. The molecular formula is C10H13NO4. The Labute approximate surface area is 87.2 Å². The lowest BCUT2D eigenvalue weighted by Gasteiger charge is -2.23. The molecule has 0 unspecified atom stereocenters. The monoisotopic (exact) mass is 211 g/mol. The number of carbonyl (C=O) groups is 1. The Balaban J connectivity index is 2.21. The number of carbonyl (C=O) groups excluding carboxylic acids is 1. The van der Waals surface area contributed by atoms with Crippen LogP contribution >= 0.6 is 0 Å². The number of hydrogen-bond acceptors (Lipinski definition) is 4. The van der Waals surface area contributed by atoms with E-state index < -0.39 is 0 Å². The Bertz CT molecular complexity index is 371. The van der Waals surface area contributed by atoms with Crippen molar-refractivity contribution < 1.29 is 19.4 Å². The van der Waals surface area contributed by atoms with E-state index in [9.17, 15) is 4.79 Å². The molecule has 1 aromatic heterocycles. The van der Waals surface area contributed by atoms with E-state index in [-0.39, 0.29) is 18.7 Å². The molecule has 0 radical (unpaired) electrons. The zero-order valence-electron chi connectivity index (χ0n) is 8.47. The van der Waals surface area contributed by atoms with Gasteiger partial charge >= 0.3 is 5.97 Å². The fourth-order valence-electron chi connectivity index (χ4n) is 1.66. The first-order chi connectivity index (χ1) is 7.24. The minimum absolute atomic E-state index is 0.00875. The van der Waals surface area contributed by atoms with Gasteiger partial charge in [-0.05, 0) is 6.07 Å². The maximum absolute atomic E-state index is 11.3. The maximum atomic E-state index is 11.3. The van der Waals surface area contributed by atoms with Gasteiger partial charge in [-0.15, -0.1) is 0 Å². The average Bonchev–Trinajstić information content (AvgIpc) is 2.70. The number of nitrogens with zero attached hydrogens (tertiary/aromatic N) is 1. The molecule has 0 spiro atoms. The molecule has 1 aromatic rings. The molecule has 2 heterocycles. The highest BCUT2D eigenvalue weighted by atomic mass is 16.5. The van der Waals surface area contributed by atoms with Gasteiger partial charge in [0, 0.05) is 11.9 Å². The summed E-state index contributed by atoms with van der Waals surface area (Å²) >= 11 is 0. The highest BCUT2D eigenvalue weighted by Gasteiger charge is 2.20. The summed E-state index contributed by atoms with van der Waals surface area (Å²) < 4.78 is 11.9.